The third-order valence-electron chi connectivity index (χ3n) is 4.52. The highest BCUT2D eigenvalue weighted by molar-refractivity contribution is 5.82. The molecule has 0 atom stereocenters. The average molecular weight is 341 g/mol. The van der Waals surface area contributed by atoms with Crippen molar-refractivity contribution in [1.29, 1.82) is 0 Å². The highest BCUT2D eigenvalue weighted by Crippen LogP contribution is 2.23. The first-order valence-electron chi connectivity index (χ1n) is 8.75. The monoisotopic (exact) mass is 341 g/mol. The highest BCUT2D eigenvalue weighted by Gasteiger charge is 2.18. The van der Waals surface area contributed by atoms with Crippen LogP contribution in [0.2, 0.25) is 0 Å². The third kappa shape index (κ3) is 3.92. The molecule has 5 heteroatoms. The van der Waals surface area contributed by atoms with Crippen molar-refractivity contribution in [1.82, 2.24) is 4.90 Å². The molecule has 0 saturated carbocycles. The van der Waals surface area contributed by atoms with Crippen LogP contribution in [0.15, 0.2) is 45.3 Å². The molecule has 0 unspecified atom stereocenters. The van der Waals surface area contributed by atoms with Gasteiger partial charge in [0.2, 0.25) is 0 Å². The molecule has 1 aromatic heterocycles. The van der Waals surface area contributed by atoms with Gasteiger partial charge in [0, 0.05) is 29.8 Å². The number of amides is 1. The lowest BCUT2D eigenvalue weighted by Gasteiger charge is -2.26. The summed E-state index contributed by atoms with van der Waals surface area (Å²) in [7, 11) is 0. The van der Waals surface area contributed by atoms with Crippen molar-refractivity contribution < 1.29 is 13.9 Å². The van der Waals surface area contributed by atoms with Gasteiger partial charge in [-0.3, -0.25) is 4.79 Å². The first kappa shape index (κ1) is 17.3. The zero-order valence-electron chi connectivity index (χ0n) is 14.7. The molecule has 0 bridgehead atoms. The summed E-state index contributed by atoms with van der Waals surface area (Å²) in [6.45, 7) is 4.44. The first-order chi connectivity index (χ1) is 12.1. The van der Waals surface area contributed by atoms with Crippen LogP contribution in [0.4, 0.5) is 0 Å². The maximum Gasteiger partial charge on any atom is 0.336 e. The fourth-order valence-electron chi connectivity index (χ4n) is 3.22. The van der Waals surface area contributed by atoms with E-state index in [-0.39, 0.29) is 18.1 Å². The van der Waals surface area contributed by atoms with Gasteiger partial charge >= 0.3 is 5.63 Å². The largest absolute Gasteiger partial charge is 0.484 e. The second-order valence-electron chi connectivity index (χ2n) is 6.27. The Morgan fingerprint density at radius 2 is 2.12 bits per heavy atom. The maximum absolute atomic E-state index is 12.5. The first-order valence-corrected chi connectivity index (χ1v) is 8.75. The quantitative estimate of drug-likeness (QED) is 0.777. The van der Waals surface area contributed by atoms with Crippen molar-refractivity contribution in [2.45, 2.75) is 39.5 Å². The van der Waals surface area contributed by atoms with Gasteiger partial charge in [-0.05, 0) is 57.2 Å². The van der Waals surface area contributed by atoms with Crippen molar-refractivity contribution in [2.75, 3.05) is 13.2 Å². The van der Waals surface area contributed by atoms with E-state index in [1.165, 1.54) is 12.5 Å². The highest BCUT2D eigenvalue weighted by atomic mass is 16.5. The number of hydrogen-bond acceptors (Lipinski definition) is 4. The van der Waals surface area contributed by atoms with Crippen LogP contribution in [0.3, 0.4) is 0 Å². The van der Waals surface area contributed by atoms with Gasteiger partial charge < -0.3 is 14.1 Å². The molecule has 0 spiro atoms. The molecule has 0 saturated heterocycles. The molecule has 1 aliphatic carbocycles. The smallest absolute Gasteiger partial charge is 0.336 e. The minimum Gasteiger partial charge on any atom is -0.484 e. The van der Waals surface area contributed by atoms with E-state index in [0.717, 1.165) is 35.9 Å². The Labute approximate surface area is 146 Å². The molecule has 1 aromatic carbocycles. The Hall–Kier alpha value is -2.56. The predicted octanol–water partition coefficient (Wildman–Crippen LogP) is 3.79. The second-order valence-corrected chi connectivity index (χ2v) is 6.27. The Kier molecular flexibility index (Phi) is 5.22. The van der Waals surface area contributed by atoms with Crippen LogP contribution in [-0.2, 0) is 4.79 Å². The summed E-state index contributed by atoms with van der Waals surface area (Å²) in [6.07, 6.45) is 6.44. The van der Waals surface area contributed by atoms with Crippen molar-refractivity contribution in [3.63, 3.8) is 0 Å². The number of fused-ring (bicyclic) bond motifs is 1. The van der Waals surface area contributed by atoms with E-state index >= 15 is 0 Å². The van der Waals surface area contributed by atoms with Crippen LogP contribution < -0.4 is 10.4 Å². The molecule has 0 fully saturated rings. The summed E-state index contributed by atoms with van der Waals surface area (Å²) in [5.74, 6) is 0.463. The lowest BCUT2D eigenvalue weighted by molar-refractivity contribution is -0.131. The summed E-state index contributed by atoms with van der Waals surface area (Å²) >= 11 is 0. The fourth-order valence-corrected chi connectivity index (χ4v) is 3.22. The van der Waals surface area contributed by atoms with Crippen molar-refractivity contribution in [3.05, 3.63) is 52.0 Å². The van der Waals surface area contributed by atoms with Crippen LogP contribution in [0.25, 0.3) is 11.0 Å². The van der Waals surface area contributed by atoms with Gasteiger partial charge in [-0.15, -0.1) is 0 Å². The molecular formula is C20H23NO4. The van der Waals surface area contributed by atoms with E-state index in [2.05, 4.69) is 6.08 Å². The lowest BCUT2D eigenvalue weighted by atomic mass is 10.0. The minimum atomic E-state index is -0.389. The molecule has 25 heavy (non-hydrogen) atoms. The van der Waals surface area contributed by atoms with Crippen molar-refractivity contribution in [2.24, 2.45) is 0 Å². The van der Waals surface area contributed by atoms with Crippen LogP contribution >= 0.6 is 0 Å². The van der Waals surface area contributed by atoms with Gasteiger partial charge in [0.1, 0.15) is 11.3 Å². The number of likely N-dealkylation sites (N-methyl/N-ethyl adjacent to an activating group) is 1. The van der Waals surface area contributed by atoms with Gasteiger partial charge in [-0.25, -0.2) is 4.79 Å². The minimum absolute atomic E-state index is 0.0350. The zero-order chi connectivity index (χ0) is 17.8. The fraction of sp³-hybridized carbons (Fsp3) is 0.400. The van der Waals surface area contributed by atoms with Gasteiger partial charge in [0.05, 0.1) is 0 Å². The topological polar surface area (TPSA) is 59.8 Å². The summed E-state index contributed by atoms with van der Waals surface area (Å²) in [6, 6.07) is 6.75. The van der Waals surface area contributed by atoms with Gasteiger partial charge in [0.25, 0.3) is 5.91 Å². The number of benzene rings is 1. The standard InChI is InChI=1S/C20H23NO4/c1-3-21(15-7-5-4-6-8-15)19(22)13-24-16-9-10-17-14(2)11-20(23)25-18(17)12-16/h7,9-12H,3-6,8,13H2,1-2H3. The van der Waals surface area contributed by atoms with E-state index < -0.39 is 0 Å². The molecule has 132 valence electrons. The summed E-state index contributed by atoms with van der Waals surface area (Å²) in [5.41, 5.74) is 2.04. The van der Waals surface area contributed by atoms with E-state index in [4.69, 9.17) is 9.15 Å². The van der Waals surface area contributed by atoms with Gasteiger partial charge in [-0.1, -0.05) is 6.08 Å². The number of nitrogens with zero attached hydrogens (tertiary/aromatic N) is 1. The molecule has 0 aliphatic heterocycles. The Bertz CT molecular complexity index is 866. The molecule has 0 radical (unpaired) electrons. The van der Waals surface area contributed by atoms with Gasteiger partial charge in [-0.2, -0.15) is 0 Å². The van der Waals surface area contributed by atoms with Crippen molar-refractivity contribution in [3.8, 4) is 5.75 Å². The third-order valence-corrected chi connectivity index (χ3v) is 4.52. The number of hydrogen-bond donors (Lipinski definition) is 0. The Morgan fingerprint density at radius 3 is 2.84 bits per heavy atom. The van der Waals surface area contributed by atoms with Crippen LogP contribution in [0.1, 0.15) is 38.2 Å². The van der Waals surface area contributed by atoms with E-state index in [1.54, 1.807) is 17.0 Å². The number of carbonyl (C=O) groups is 1. The Balaban J connectivity index is 1.72. The second kappa shape index (κ2) is 7.55. The SMILES string of the molecule is CCN(C(=O)COc1ccc2c(C)cc(=O)oc2c1)C1=CCCCC1. The molecule has 1 heterocycles. The van der Waals surface area contributed by atoms with Crippen LogP contribution in [-0.4, -0.2) is 24.0 Å². The number of allylic oxidation sites excluding steroid dienone is 2. The molecule has 1 amide bonds. The normalized spacial score (nSPS) is 14.2. The molecule has 2 aromatic rings. The summed E-state index contributed by atoms with van der Waals surface area (Å²) in [5, 5.41) is 0.862. The van der Waals surface area contributed by atoms with E-state index in [9.17, 15) is 9.59 Å². The van der Waals surface area contributed by atoms with Crippen molar-refractivity contribution >= 4 is 16.9 Å². The molecular weight excluding hydrogens is 318 g/mol. The number of ether oxygens (including phenoxy) is 1. The van der Waals surface area contributed by atoms with Crippen LogP contribution in [0.5, 0.6) is 5.75 Å². The molecule has 5 nitrogen and oxygen atoms in total. The van der Waals surface area contributed by atoms with Crippen LogP contribution in [0, 0.1) is 6.92 Å². The predicted molar refractivity (Wildman–Crippen MR) is 96.7 cm³/mol. The Morgan fingerprint density at radius 1 is 1.28 bits per heavy atom. The van der Waals surface area contributed by atoms with Gasteiger partial charge in [0.15, 0.2) is 6.61 Å². The lowest BCUT2D eigenvalue weighted by Crippen LogP contribution is -2.34. The molecule has 0 N–H and O–H groups in total. The number of rotatable bonds is 5. The number of carbonyl (C=O) groups excluding carboxylic acids is 1. The maximum atomic E-state index is 12.5. The molecule has 1 aliphatic rings. The summed E-state index contributed by atoms with van der Waals surface area (Å²) < 4.78 is 10.9. The molecule has 3 rings (SSSR count). The number of aryl methyl sites for hydroxylation is 1. The zero-order valence-corrected chi connectivity index (χ0v) is 14.7. The summed E-state index contributed by atoms with van der Waals surface area (Å²) in [4.78, 5) is 25.8. The van der Waals surface area contributed by atoms with E-state index in [0.29, 0.717) is 17.9 Å². The average Bonchev–Trinajstić information content (AvgIpc) is 2.61. The van der Waals surface area contributed by atoms with E-state index in [1.807, 2.05) is 19.9 Å².